The molecule has 0 spiro atoms. The summed E-state index contributed by atoms with van der Waals surface area (Å²) in [6.07, 6.45) is -4.70. The van der Waals surface area contributed by atoms with Crippen LogP contribution >= 0.6 is 11.3 Å². The standard InChI is InChI=1S/C14H13F4NOS/c1-19-12(13-11(20-2)5-6-21-13)8-3-4-9(10(15)7-8)14(16,17)18/h3-7,12,19H,1-2H3. The Labute approximate surface area is 123 Å². The van der Waals surface area contributed by atoms with Crippen molar-refractivity contribution in [3.8, 4) is 5.75 Å². The van der Waals surface area contributed by atoms with Gasteiger partial charge in [-0.15, -0.1) is 11.3 Å². The molecule has 1 aromatic carbocycles. The molecule has 0 saturated carbocycles. The Balaban J connectivity index is 2.43. The van der Waals surface area contributed by atoms with Crippen molar-refractivity contribution in [1.82, 2.24) is 5.32 Å². The number of hydrogen-bond acceptors (Lipinski definition) is 3. The van der Waals surface area contributed by atoms with Crippen LogP contribution < -0.4 is 10.1 Å². The fourth-order valence-corrected chi connectivity index (χ4v) is 3.07. The van der Waals surface area contributed by atoms with Crippen LogP contribution in [0.3, 0.4) is 0 Å². The zero-order valence-electron chi connectivity index (χ0n) is 11.3. The van der Waals surface area contributed by atoms with Crippen LogP contribution in [0.5, 0.6) is 5.75 Å². The van der Waals surface area contributed by atoms with Crippen molar-refractivity contribution in [3.05, 3.63) is 51.5 Å². The van der Waals surface area contributed by atoms with Gasteiger partial charge in [-0.3, -0.25) is 0 Å². The lowest BCUT2D eigenvalue weighted by Gasteiger charge is -2.18. The maximum Gasteiger partial charge on any atom is 0.419 e. The summed E-state index contributed by atoms with van der Waals surface area (Å²) in [5.74, 6) is -0.671. The highest BCUT2D eigenvalue weighted by molar-refractivity contribution is 7.10. The van der Waals surface area contributed by atoms with Crippen LogP contribution in [0.25, 0.3) is 0 Å². The van der Waals surface area contributed by atoms with Gasteiger partial charge in [0.05, 0.1) is 23.6 Å². The van der Waals surface area contributed by atoms with Gasteiger partial charge < -0.3 is 10.1 Å². The van der Waals surface area contributed by atoms with Crippen molar-refractivity contribution in [3.63, 3.8) is 0 Å². The topological polar surface area (TPSA) is 21.3 Å². The first-order valence-corrected chi connectivity index (χ1v) is 6.91. The van der Waals surface area contributed by atoms with E-state index in [4.69, 9.17) is 4.74 Å². The van der Waals surface area contributed by atoms with Gasteiger partial charge in [0.1, 0.15) is 11.6 Å². The minimum Gasteiger partial charge on any atom is -0.496 e. The lowest BCUT2D eigenvalue weighted by molar-refractivity contribution is -0.140. The van der Waals surface area contributed by atoms with Crippen LogP contribution in [0.1, 0.15) is 22.0 Å². The number of alkyl halides is 3. The second-order valence-corrected chi connectivity index (χ2v) is 5.26. The van der Waals surface area contributed by atoms with Gasteiger partial charge in [-0.1, -0.05) is 6.07 Å². The molecule has 1 unspecified atom stereocenters. The average molecular weight is 319 g/mol. The molecule has 1 atom stereocenters. The summed E-state index contributed by atoms with van der Waals surface area (Å²) >= 11 is 1.39. The predicted molar refractivity (Wildman–Crippen MR) is 73.2 cm³/mol. The first-order valence-electron chi connectivity index (χ1n) is 6.03. The van der Waals surface area contributed by atoms with Crippen LogP contribution in [-0.2, 0) is 6.18 Å². The van der Waals surface area contributed by atoms with E-state index in [9.17, 15) is 17.6 Å². The lowest BCUT2D eigenvalue weighted by Crippen LogP contribution is -2.18. The van der Waals surface area contributed by atoms with Gasteiger partial charge in [0.25, 0.3) is 0 Å². The van der Waals surface area contributed by atoms with Gasteiger partial charge >= 0.3 is 6.18 Å². The van der Waals surface area contributed by atoms with E-state index in [1.54, 1.807) is 18.5 Å². The number of ether oxygens (including phenoxy) is 1. The molecular weight excluding hydrogens is 306 g/mol. The molecule has 2 nitrogen and oxygen atoms in total. The minimum absolute atomic E-state index is 0.406. The highest BCUT2D eigenvalue weighted by atomic mass is 32.1. The number of nitrogens with one attached hydrogen (secondary N) is 1. The Morgan fingerprint density at radius 1 is 1.24 bits per heavy atom. The number of hydrogen-bond donors (Lipinski definition) is 1. The van der Waals surface area contributed by atoms with Gasteiger partial charge in [0, 0.05) is 0 Å². The quantitative estimate of drug-likeness (QED) is 0.852. The van der Waals surface area contributed by atoms with Crippen LogP contribution in [-0.4, -0.2) is 14.2 Å². The lowest BCUT2D eigenvalue weighted by atomic mass is 10.0. The molecular formula is C14H13F4NOS. The second-order valence-electron chi connectivity index (χ2n) is 4.31. The molecule has 2 aromatic rings. The van der Waals surface area contributed by atoms with E-state index in [1.807, 2.05) is 0 Å². The van der Waals surface area contributed by atoms with Crippen LogP contribution in [0, 0.1) is 5.82 Å². The Bertz CT molecular complexity index is 624. The molecule has 1 heterocycles. The Kier molecular flexibility index (Phi) is 4.53. The summed E-state index contributed by atoms with van der Waals surface area (Å²) in [7, 11) is 3.16. The van der Waals surface area contributed by atoms with E-state index in [1.165, 1.54) is 24.5 Å². The van der Waals surface area contributed by atoms with Crippen molar-refractivity contribution in [2.75, 3.05) is 14.2 Å². The van der Waals surface area contributed by atoms with Crippen molar-refractivity contribution in [2.45, 2.75) is 12.2 Å². The molecule has 1 N–H and O–H groups in total. The van der Waals surface area contributed by atoms with Gasteiger partial charge in [-0.25, -0.2) is 4.39 Å². The summed E-state index contributed by atoms with van der Waals surface area (Å²) in [6, 6.07) is 4.26. The Hall–Kier alpha value is -1.60. The number of rotatable bonds is 4. The number of methoxy groups -OCH3 is 1. The fraction of sp³-hybridized carbons (Fsp3) is 0.286. The molecule has 0 aliphatic carbocycles. The first kappa shape index (κ1) is 15.8. The smallest absolute Gasteiger partial charge is 0.419 e. The molecule has 2 rings (SSSR count). The largest absolute Gasteiger partial charge is 0.496 e. The molecule has 0 fully saturated rings. The Morgan fingerprint density at radius 2 is 1.95 bits per heavy atom. The highest BCUT2D eigenvalue weighted by Crippen LogP contribution is 2.37. The zero-order chi connectivity index (χ0) is 15.6. The maximum atomic E-state index is 13.7. The van der Waals surface area contributed by atoms with E-state index in [-0.39, 0.29) is 0 Å². The Morgan fingerprint density at radius 3 is 2.48 bits per heavy atom. The third-order valence-corrected chi connectivity index (χ3v) is 4.02. The van der Waals surface area contributed by atoms with Gasteiger partial charge in [-0.2, -0.15) is 13.2 Å². The molecule has 0 aliphatic heterocycles. The third kappa shape index (κ3) is 3.19. The summed E-state index contributed by atoms with van der Waals surface area (Å²) < 4.78 is 56.6. The molecule has 21 heavy (non-hydrogen) atoms. The summed E-state index contributed by atoms with van der Waals surface area (Å²) in [4.78, 5) is 0.777. The van der Waals surface area contributed by atoms with E-state index >= 15 is 0 Å². The zero-order valence-corrected chi connectivity index (χ0v) is 12.1. The fourth-order valence-electron chi connectivity index (χ4n) is 2.08. The molecule has 1 aromatic heterocycles. The van der Waals surface area contributed by atoms with E-state index in [0.29, 0.717) is 11.3 Å². The first-order chi connectivity index (χ1) is 9.88. The molecule has 0 saturated heterocycles. The van der Waals surface area contributed by atoms with Gasteiger partial charge in [0.2, 0.25) is 0 Å². The van der Waals surface area contributed by atoms with Crippen molar-refractivity contribution in [2.24, 2.45) is 0 Å². The second kappa shape index (κ2) is 6.03. The monoisotopic (exact) mass is 319 g/mol. The summed E-state index contributed by atoms with van der Waals surface area (Å²) in [6.45, 7) is 0. The van der Waals surface area contributed by atoms with E-state index in [0.717, 1.165) is 17.0 Å². The highest BCUT2D eigenvalue weighted by Gasteiger charge is 2.34. The maximum absolute atomic E-state index is 13.7. The number of halogens is 4. The molecule has 0 amide bonds. The SMILES string of the molecule is CNC(c1ccc(C(F)(F)F)c(F)c1)c1sccc1OC. The van der Waals surface area contributed by atoms with Crippen molar-refractivity contribution in [1.29, 1.82) is 0 Å². The van der Waals surface area contributed by atoms with E-state index < -0.39 is 23.6 Å². The van der Waals surface area contributed by atoms with Gasteiger partial charge in [-0.05, 0) is 36.2 Å². The van der Waals surface area contributed by atoms with Gasteiger partial charge in [0.15, 0.2) is 0 Å². The third-order valence-electron chi connectivity index (χ3n) is 3.06. The van der Waals surface area contributed by atoms with Crippen molar-refractivity contribution >= 4 is 11.3 Å². The normalized spacial score (nSPS) is 13.2. The van der Waals surface area contributed by atoms with E-state index in [2.05, 4.69) is 5.32 Å². The van der Waals surface area contributed by atoms with Crippen LogP contribution in [0.2, 0.25) is 0 Å². The molecule has 0 aliphatic rings. The van der Waals surface area contributed by atoms with Crippen LogP contribution in [0.15, 0.2) is 29.6 Å². The summed E-state index contributed by atoms with van der Waals surface area (Å²) in [5, 5.41) is 4.77. The van der Waals surface area contributed by atoms with Crippen molar-refractivity contribution < 1.29 is 22.3 Å². The average Bonchev–Trinajstić information content (AvgIpc) is 2.86. The van der Waals surface area contributed by atoms with Crippen LogP contribution in [0.4, 0.5) is 17.6 Å². The summed E-state index contributed by atoms with van der Waals surface area (Å²) in [5.41, 5.74) is -0.858. The number of benzene rings is 1. The molecule has 114 valence electrons. The number of thiophene rings is 1. The molecule has 0 bridgehead atoms. The minimum atomic E-state index is -4.70. The molecule has 0 radical (unpaired) electrons. The molecule has 7 heteroatoms. The predicted octanol–water partition coefficient (Wildman–Crippen LogP) is 4.22.